The fraction of sp³-hybridized carbons (Fsp3) is 0. The number of rotatable bonds is 3. The Morgan fingerprint density at radius 3 is 1.15 bits per heavy atom. The van der Waals surface area contributed by atoms with Crippen molar-refractivity contribution >= 4 is 24.2 Å². The zero-order chi connectivity index (χ0) is 12.9. The standard InChI is InChI=1S/C15H12N3P.Ir/c1-4-10-16-13(7-1)19(14-8-2-5-11-17-14)15-9-3-6-12-18-15;/h1-12H;/p+1. The summed E-state index contributed by atoms with van der Waals surface area (Å²) in [7, 11) is -1.21. The minimum atomic E-state index is -1.21. The van der Waals surface area contributed by atoms with E-state index in [2.05, 4.69) is 33.2 Å². The molecule has 0 spiro atoms. The molecule has 0 fully saturated rings. The van der Waals surface area contributed by atoms with E-state index in [1.807, 2.05) is 55.0 Å². The first kappa shape index (κ1) is 14.9. The predicted octanol–water partition coefficient (Wildman–Crippen LogP) is 1.36. The van der Waals surface area contributed by atoms with E-state index in [1.54, 1.807) is 0 Å². The van der Waals surface area contributed by atoms with Gasteiger partial charge in [0.05, 0.1) is 0 Å². The van der Waals surface area contributed by atoms with Crippen LogP contribution in [0.2, 0.25) is 0 Å². The summed E-state index contributed by atoms with van der Waals surface area (Å²) in [5.41, 5.74) is 3.18. The average molecular weight is 458 g/mol. The Morgan fingerprint density at radius 2 is 0.900 bits per heavy atom. The predicted molar refractivity (Wildman–Crippen MR) is 79.9 cm³/mol. The summed E-state index contributed by atoms with van der Waals surface area (Å²) in [5.74, 6) is 0. The molecule has 0 aromatic carbocycles. The summed E-state index contributed by atoms with van der Waals surface area (Å²) >= 11 is 0. The molecule has 3 aromatic heterocycles. The van der Waals surface area contributed by atoms with Crippen molar-refractivity contribution < 1.29 is 20.1 Å². The summed E-state index contributed by atoms with van der Waals surface area (Å²) in [5, 5.41) is 0. The number of nitrogens with zero attached hydrogens (tertiary/aromatic N) is 3. The van der Waals surface area contributed by atoms with Gasteiger partial charge in [-0.3, -0.25) is 0 Å². The SMILES string of the molecule is [Ir].c1ccc([PH+](c2ccccn2)c2ccccn2)nc1. The van der Waals surface area contributed by atoms with Crippen molar-refractivity contribution in [3.63, 3.8) is 0 Å². The van der Waals surface area contributed by atoms with E-state index in [1.165, 1.54) is 0 Å². The molecular weight excluding hydrogens is 445 g/mol. The van der Waals surface area contributed by atoms with E-state index in [9.17, 15) is 0 Å². The van der Waals surface area contributed by atoms with E-state index in [0.29, 0.717) is 0 Å². The second kappa shape index (κ2) is 7.35. The van der Waals surface area contributed by atoms with Gasteiger partial charge in [-0.25, -0.2) is 15.0 Å². The molecule has 3 heterocycles. The third-order valence-corrected chi connectivity index (χ3v) is 5.19. The summed E-state index contributed by atoms with van der Waals surface area (Å²) in [6, 6.07) is 18.0. The van der Waals surface area contributed by atoms with Gasteiger partial charge in [-0.05, 0) is 18.2 Å². The third kappa shape index (κ3) is 3.34. The van der Waals surface area contributed by atoms with Crippen LogP contribution in [0, 0.1) is 0 Å². The van der Waals surface area contributed by atoms with E-state index in [-0.39, 0.29) is 20.1 Å². The fourth-order valence-electron chi connectivity index (χ4n) is 1.93. The molecule has 0 saturated heterocycles. The van der Waals surface area contributed by atoms with E-state index in [4.69, 9.17) is 0 Å². The Balaban J connectivity index is 0.00000147. The van der Waals surface area contributed by atoms with Crippen molar-refractivity contribution in [2.24, 2.45) is 0 Å². The summed E-state index contributed by atoms with van der Waals surface area (Å²) in [6.07, 6.45) is 5.48. The molecule has 0 amide bonds. The quantitative estimate of drug-likeness (QED) is 0.557. The Kier molecular flexibility index (Phi) is 5.49. The van der Waals surface area contributed by atoms with E-state index in [0.717, 1.165) is 16.3 Å². The molecule has 0 saturated carbocycles. The van der Waals surface area contributed by atoms with Gasteiger partial charge in [0.15, 0.2) is 24.2 Å². The molecule has 0 atom stereocenters. The Morgan fingerprint density at radius 1 is 0.550 bits per heavy atom. The second-order valence-electron chi connectivity index (χ2n) is 4.02. The monoisotopic (exact) mass is 459 g/mol. The smallest absolute Gasteiger partial charge is 0.193 e. The number of pyridine rings is 3. The van der Waals surface area contributed by atoms with Crippen LogP contribution >= 0.6 is 7.92 Å². The molecule has 0 unspecified atom stereocenters. The first-order chi connectivity index (χ1) is 9.45. The Hall–Kier alpha value is -1.47. The molecule has 0 N–H and O–H groups in total. The summed E-state index contributed by atoms with van der Waals surface area (Å²) in [6.45, 7) is 0. The van der Waals surface area contributed by atoms with E-state index >= 15 is 0 Å². The van der Waals surface area contributed by atoms with Crippen LogP contribution < -0.4 is 16.3 Å². The molecule has 3 aromatic rings. The molecule has 3 rings (SSSR count). The largest absolute Gasteiger partial charge is 0.222 e. The minimum absolute atomic E-state index is 0. The molecule has 20 heavy (non-hydrogen) atoms. The van der Waals surface area contributed by atoms with Crippen molar-refractivity contribution in [3.8, 4) is 0 Å². The molecule has 101 valence electrons. The molecular formula is C15H13IrN3P+. The van der Waals surface area contributed by atoms with Gasteiger partial charge >= 0.3 is 0 Å². The van der Waals surface area contributed by atoms with Gasteiger partial charge in [0.25, 0.3) is 0 Å². The van der Waals surface area contributed by atoms with Crippen LogP contribution in [0.3, 0.4) is 0 Å². The maximum atomic E-state index is 4.50. The molecule has 0 aliphatic heterocycles. The van der Waals surface area contributed by atoms with Crippen molar-refractivity contribution in [2.75, 3.05) is 0 Å². The van der Waals surface area contributed by atoms with Crippen LogP contribution in [0.5, 0.6) is 0 Å². The van der Waals surface area contributed by atoms with Crippen LogP contribution in [0.15, 0.2) is 73.2 Å². The van der Waals surface area contributed by atoms with Crippen LogP contribution in [0.4, 0.5) is 0 Å². The van der Waals surface area contributed by atoms with Crippen molar-refractivity contribution in [2.45, 2.75) is 0 Å². The number of aromatic nitrogens is 3. The zero-order valence-corrected chi connectivity index (χ0v) is 14.0. The van der Waals surface area contributed by atoms with Gasteiger partial charge in [-0.2, -0.15) is 0 Å². The molecule has 5 heteroatoms. The topological polar surface area (TPSA) is 38.7 Å². The first-order valence-electron chi connectivity index (χ1n) is 6.06. The van der Waals surface area contributed by atoms with Crippen LogP contribution in [0.1, 0.15) is 0 Å². The molecule has 0 aliphatic carbocycles. The Labute approximate surface area is 132 Å². The van der Waals surface area contributed by atoms with Gasteiger partial charge in [0, 0.05) is 56.9 Å². The Bertz CT molecular complexity index is 541. The van der Waals surface area contributed by atoms with Crippen molar-refractivity contribution in [3.05, 3.63) is 73.2 Å². The average Bonchev–Trinajstić information content (AvgIpc) is 2.51. The van der Waals surface area contributed by atoms with Crippen LogP contribution in [-0.2, 0) is 20.1 Å². The van der Waals surface area contributed by atoms with Gasteiger partial charge in [0.1, 0.15) is 0 Å². The molecule has 0 bridgehead atoms. The molecule has 0 aliphatic rings. The van der Waals surface area contributed by atoms with E-state index < -0.39 is 7.92 Å². The van der Waals surface area contributed by atoms with Gasteiger partial charge < -0.3 is 0 Å². The third-order valence-electron chi connectivity index (χ3n) is 2.76. The number of hydrogen-bond acceptors (Lipinski definition) is 3. The van der Waals surface area contributed by atoms with Gasteiger partial charge in [-0.1, -0.05) is 18.2 Å². The molecule has 3 nitrogen and oxygen atoms in total. The van der Waals surface area contributed by atoms with Crippen molar-refractivity contribution in [1.82, 2.24) is 15.0 Å². The fourth-order valence-corrected chi connectivity index (χ4v) is 4.11. The van der Waals surface area contributed by atoms with Gasteiger partial charge in [0.2, 0.25) is 0 Å². The number of hydrogen-bond donors (Lipinski definition) is 0. The normalized spacial score (nSPS) is 10.1. The molecule has 1 radical (unpaired) electrons. The maximum Gasteiger partial charge on any atom is 0.193 e. The van der Waals surface area contributed by atoms with Crippen LogP contribution in [0.25, 0.3) is 0 Å². The van der Waals surface area contributed by atoms with Crippen LogP contribution in [-0.4, -0.2) is 15.0 Å². The minimum Gasteiger partial charge on any atom is -0.222 e. The van der Waals surface area contributed by atoms with Gasteiger partial charge in [-0.15, -0.1) is 0 Å². The summed E-state index contributed by atoms with van der Waals surface area (Å²) in [4.78, 5) is 13.5. The zero-order valence-electron chi connectivity index (χ0n) is 10.6. The first-order valence-corrected chi connectivity index (χ1v) is 7.56. The van der Waals surface area contributed by atoms with Crippen molar-refractivity contribution in [1.29, 1.82) is 0 Å². The summed E-state index contributed by atoms with van der Waals surface area (Å²) < 4.78 is 0. The second-order valence-corrected chi connectivity index (χ2v) is 6.31. The maximum absolute atomic E-state index is 4.50.